The second-order valence-corrected chi connectivity index (χ2v) is 19.2. The number of hydrogen-bond acceptors (Lipinski definition) is 3. The Balaban J connectivity index is 1.64. The highest BCUT2D eigenvalue weighted by Crippen LogP contribution is 2.43. The van der Waals surface area contributed by atoms with Gasteiger partial charge in [-0.1, -0.05) is 123 Å². The molecule has 0 aliphatic carbocycles. The Kier molecular flexibility index (Phi) is 8.00. The van der Waals surface area contributed by atoms with E-state index in [1.807, 2.05) is 0 Å². The predicted octanol–water partition coefficient (Wildman–Crippen LogP) is 6.95. The van der Waals surface area contributed by atoms with Gasteiger partial charge in [-0.3, -0.25) is 0 Å². The molecule has 4 aromatic carbocycles. The van der Waals surface area contributed by atoms with Crippen molar-refractivity contribution in [2.45, 2.75) is 50.9 Å². The standard InChI is InChI=1S/C32H36O3Si3/c1-26-15-14-22-31(27(26)2)32(3,4)38(25-30-20-12-7-13-21-30)34-36-33-37(35-38,23-28-16-8-5-9-17-28)24-29-18-10-6-11-19-29/h5-22H,23-25H2,1-4H3. The van der Waals surface area contributed by atoms with Crippen LogP contribution in [0.15, 0.2) is 109 Å². The van der Waals surface area contributed by atoms with Crippen LogP contribution < -0.4 is 0 Å². The fraction of sp³-hybridized carbons (Fsp3) is 0.250. The third kappa shape index (κ3) is 5.57. The van der Waals surface area contributed by atoms with Crippen LogP contribution >= 0.6 is 0 Å². The van der Waals surface area contributed by atoms with Crippen LogP contribution in [0.1, 0.15) is 47.2 Å². The van der Waals surface area contributed by atoms with Crippen molar-refractivity contribution >= 4 is 27.1 Å². The van der Waals surface area contributed by atoms with E-state index < -0.39 is 17.1 Å². The van der Waals surface area contributed by atoms with Crippen LogP contribution in [0.4, 0.5) is 0 Å². The van der Waals surface area contributed by atoms with Gasteiger partial charge < -0.3 is 12.3 Å². The van der Waals surface area contributed by atoms with Gasteiger partial charge in [0.2, 0.25) is 0 Å². The molecule has 0 spiro atoms. The highest BCUT2D eigenvalue weighted by molar-refractivity contribution is 6.87. The van der Waals surface area contributed by atoms with Crippen LogP contribution in [-0.4, -0.2) is 27.1 Å². The lowest BCUT2D eigenvalue weighted by Gasteiger charge is -2.52. The molecule has 5 rings (SSSR count). The van der Waals surface area contributed by atoms with E-state index in [9.17, 15) is 0 Å². The second-order valence-electron chi connectivity index (χ2n) is 10.9. The summed E-state index contributed by atoms with van der Waals surface area (Å²) in [6.45, 7) is 9.10. The SMILES string of the molecule is Cc1cccc(C(C)(C)[Si]2(Cc3ccccc3)O[Si]O[Si](Cc3ccccc3)(Cc3ccccc3)O2)c1C. The van der Waals surface area contributed by atoms with E-state index in [2.05, 4.69) is 137 Å². The first-order chi connectivity index (χ1) is 18.3. The molecule has 0 bridgehead atoms. The summed E-state index contributed by atoms with van der Waals surface area (Å²) in [5, 5.41) is -0.304. The van der Waals surface area contributed by atoms with E-state index in [4.69, 9.17) is 12.3 Å². The first-order valence-electron chi connectivity index (χ1n) is 13.3. The summed E-state index contributed by atoms with van der Waals surface area (Å²) in [7, 11) is -5.75. The van der Waals surface area contributed by atoms with Crippen molar-refractivity contribution in [1.29, 1.82) is 0 Å². The largest absolute Gasteiger partial charge is 0.414 e. The zero-order chi connectivity index (χ0) is 26.6. The van der Waals surface area contributed by atoms with E-state index in [0.717, 1.165) is 18.1 Å². The predicted molar refractivity (Wildman–Crippen MR) is 160 cm³/mol. The summed E-state index contributed by atoms with van der Waals surface area (Å²) < 4.78 is 21.2. The van der Waals surface area contributed by atoms with Crippen molar-refractivity contribution in [2.75, 3.05) is 0 Å². The van der Waals surface area contributed by atoms with Crippen LogP contribution in [0.3, 0.4) is 0 Å². The molecule has 0 amide bonds. The molecule has 2 radical (unpaired) electrons. The summed E-state index contributed by atoms with van der Waals surface area (Å²) in [5.41, 5.74) is 7.70. The normalized spacial score (nSPS) is 19.3. The third-order valence-corrected chi connectivity index (χ3v) is 19.1. The first-order valence-corrected chi connectivity index (χ1v) is 18.4. The smallest absolute Gasteiger partial charge is 0.413 e. The van der Waals surface area contributed by atoms with Gasteiger partial charge in [0.15, 0.2) is 0 Å². The summed E-state index contributed by atoms with van der Waals surface area (Å²) in [6, 6.07) is 41.1. The molecule has 1 atom stereocenters. The molecule has 3 nitrogen and oxygen atoms in total. The van der Waals surface area contributed by atoms with Gasteiger partial charge in [-0.15, -0.1) is 0 Å². The number of aryl methyl sites for hydroxylation is 1. The van der Waals surface area contributed by atoms with E-state index in [1.54, 1.807) is 0 Å². The van der Waals surface area contributed by atoms with Gasteiger partial charge in [0.1, 0.15) is 0 Å². The summed E-state index contributed by atoms with van der Waals surface area (Å²) in [6.07, 6.45) is 0. The lowest BCUT2D eigenvalue weighted by molar-refractivity contribution is 0.222. The van der Waals surface area contributed by atoms with Gasteiger partial charge in [0, 0.05) is 23.2 Å². The molecular weight excluding hydrogens is 517 g/mol. The molecule has 0 saturated carbocycles. The Morgan fingerprint density at radius 1 is 0.605 bits per heavy atom. The number of benzene rings is 4. The maximum atomic E-state index is 7.63. The molecule has 4 aromatic rings. The highest BCUT2D eigenvalue weighted by Gasteiger charge is 2.61. The minimum atomic E-state index is -2.94. The molecule has 6 heteroatoms. The zero-order valence-electron chi connectivity index (χ0n) is 22.7. The molecule has 0 N–H and O–H groups in total. The average Bonchev–Trinajstić information content (AvgIpc) is 2.92. The van der Waals surface area contributed by atoms with Crippen molar-refractivity contribution < 1.29 is 12.3 Å². The van der Waals surface area contributed by atoms with Crippen molar-refractivity contribution in [1.82, 2.24) is 0 Å². The molecule has 0 aromatic heterocycles. The van der Waals surface area contributed by atoms with Crippen molar-refractivity contribution in [3.05, 3.63) is 143 Å². The van der Waals surface area contributed by atoms with Gasteiger partial charge in [0.05, 0.1) is 0 Å². The monoisotopic (exact) mass is 552 g/mol. The molecular formula is C32H36O3Si3. The van der Waals surface area contributed by atoms with Crippen molar-refractivity contribution in [3.8, 4) is 0 Å². The fourth-order valence-electron chi connectivity index (χ4n) is 5.57. The van der Waals surface area contributed by atoms with Gasteiger partial charge in [-0.2, -0.15) is 0 Å². The van der Waals surface area contributed by atoms with Crippen LogP contribution in [0.25, 0.3) is 0 Å². The maximum Gasteiger partial charge on any atom is 0.413 e. The molecule has 1 aliphatic rings. The van der Waals surface area contributed by atoms with Crippen LogP contribution in [-0.2, 0) is 35.5 Å². The van der Waals surface area contributed by atoms with Crippen molar-refractivity contribution in [3.63, 3.8) is 0 Å². The molecule has 1 saturated heterocycles. The molecule has 1 aliphatic heterocycles. The van der Waals surface area contributed by atoms with Gasteiger partial charge in [0.25, 0.3) is 0 Å². The van der Waals surface area contributed by atoms with Gasteiger partial charge in [-0.05, 0) is 47.2 Å². The molecule has 38 heavy (non-hydrogen) atoms. The van der Waals surface area contributed by atoms with E-state index in [-0.39, 0.29) is 15.0 Å². The minimum Gasteiger partial charge on any atom is -0.414 e. The Morgan fingerprint density at radius 3 is 1.63 bits per heavy atom. The number of rotatable bonds is 8. The Labute approximate surface area is 232 Å². The fourth-order valence-corrected chi connectivity index (χ4v) is 18.3. The summed E-state index contributed by atoms with van der Waals surface area (Å²) in [5.74, 6) is 0. The van der Waals surface area contributed by atoms with E-state index in [1.165, 1.54) is 33.4 Å². The quantitative estimate of drug-likeness (QED) is 0.221. The van der Waals surface area contributed by atoms with Gasteiger partial charge in [-0.25, -0.2) is 0 Å². The zero-order valence-corrected chi connectivity index (χ0v) is 25.7. The first kappa shape index (κ1) is 27.0. The Bertz CT molecular complexity index is 1310. The summed E-state index contributed by atoms with van der Waals surface area (Å²) >= 11 is 0. The molecule has 1 heterocycles. The Morgan fingerprint density at radius 2 is 1.11 bits per heavy atom. The minimum absolute atomic E-state index is 0.0295. The number of hydrogen-bond donors (Lipinski definition) is 0. The third-order valence-electron chi connectivity index (χ3n) is 7.93. The lowest BCUT2D eigenvalue weighted by Crippen LogP contribution is -2.71. The van der Waals surface area contributed by atoms with E-state index in [0.29, 0.717) is 0 Å². The van der Waals surface area contributed by atoms with Crippen LogP contribution in [0.2, 0.25) is 0 Å². The Hall–Kier alpha value is -2.59. The summed E-state index contributed by atoms with van der Waals surface area (Å²) in [4.78, 5) is 0. The maximum absolute atomic E-state index is 7.63. The second kappa shape index (κ2) is 11.3. The topological polar surface area (TPSA) is 27.7 Å². The molecule has 1 fully saturated rings. The van der Waals surface area contributed by atoms with Crippen molar-refractivity contribution in [2.24, 2.45) is 0 Å². The highest BCUT2D eigenvalue weighted by atomic mass is 28.5. The molecule has 1 unspecified atom stereocenters. The van der Waals surface area contributed by atoms with Gasteiger partial charge >= 0.3 is 27.1 Å². The van der Waals surface area contributed by atoms with Crippen LogP contribution in [0, 0.1) is 13.8 Å². The average molecular weight is 553 g/mol. The molecule has 194 valence electrons. The van der Waals surface area contributed by atoms with Crippen LogP contribution in [0.5, 0.6) is 0 Å². The van der Waals surface area contributed by atoms with E-state index >= 15 is 0 Å². The lowest BCUT2D eigenvalue weighted by atomic mass is 9.94.